The second kappa shape index (κ2) is 14.3. The van der Waals surface area contributed by atoms with Gasteiger partial charge in [0.25, 0.3) is 6.33 Å². The zero-order valence-electron chi connectivity index (χ0n) is 31.9. The molecule has 0 atom stereocenters. The predicted molar refractivity (Wildman–Crippen MR) is 235 cm³/mol. The van der Waals surface area contributed by atoms with Crippen molar-refractivity contribution in [3.63, 3.8) is 0 Å². The van der Waals surface area contributed by atoms with E-state index >= 15 is 0 Å². The van der Waals surface area contributed by atoms with Gasteiger partial charge in [-0.15, -0.1) is 0 Å². The third-order valence-corrected chi connectivity index (χ3v) is 11.4. The first-order valence-corrected chi connectivity index (χ1v) is 20.0. The molecule has 10 aromatic rings. The Morgan fingerprint density at radius 3 is 1.95 bits per heavy atom. The van der Waals surface area contributed by atoms with Crippen LogP contribution < -0.4 is 14.2 Å². The first-order valence-electron chi connectivity index (χ1n) is 20.0. The van der Waals surface area contributed by atoms with Gasteiger partial charge in [-0.2, -0.15) is 0 Å². The molecule has 11 rings (SSSR count). The summed E-state index contributed by atoms with van der Waals surface area (Å²) >= 11 is 0. The largest absolute Gasteiger partial charge is 0.458 e. The molecule has 6 heteroatoms. The Bertz CT molecular complexity index is 3050. The number of anilines is 1. The van der Waals surface area contributed by atoms with Gasteiger partial charge in [-0.3, -0.25) is 13.7 Å². The molecule has 0 bridgehead atoms. The second-order valence-corrected chi connectivity index (χ2v) is 14.9. The molecule has 1 aliphatic heterocycles. The minimum absolute atomic E-state index is 0.737. The highest BCUT2D eigenvalue weighted by atomic mass is 16.5. The molecule has 0 radical (unpaired) electrons. The molecule has 0 saturated carbocycles. The number of aromatic nitrogens is 4. The van der Waals surface area contributed by atoms with Crippen molar-refractivity contribution in [2.24, 2.45) is 0 Å². The number of rotatable bonds is 8. The van der Waals surface area contributed by atoms with Crippen LogP contribution in [0, 0.1) is 6.33 Å². The molecule has 0 aliphatic carbocycles. The van der Waals surface area contributed by atoms with Crippen LogP contribution in [0.5, 0.6) is 11.5 Å². The topological polar surface area (TPSA) is 39.1 Å². The number of fused-ring (bicyclic) bond motifs is 4. The summed E-state index contributed by atoms with van der Waals surface area (Å²) in [6, 6.07) is 63.8. The van der Waals surface area contributed by atoms with Crippen molar-refractivity contribution in [2.75, 3.05) is 18.0 Å². The molecule has 1 fully saturated rings. The molecule has 0 N–H and O–H groups in total. The Kier molecular flexibility index (Phi) is 8.32. The minimum atomic E-state index is 0.737. The van der Waals surface area contributed by atoms with Gasteiger partial charge < -0.3 is 9.64 Å². The van der Waals surface area contributed by atoms with Crippen molar-refractivity contribution < 1.29 is 9.30 Å². The molecule has 3 aromatic heterocycles. The van der Waals surface area contributed by atoms with Crippen molar-refractivity contribution in [1.29, 1.82) is 0 Å². The van der Waals surface area contributed by atoms with Crippen LogP contribution in [0.4, 0.5) is 5.69 Å². The summed E-state index contributed by atoms with van der Waals surface area (Å²) in [6.07, 6.45) is 8.18. The molecule has 6 nitrogen and oxygen atoms in total. The number of pyridine rings is 1. The lowest BCUT2D eigenvalue weighted by molar-refractivity contribution is -0.571. The van der Waals surface area contributed by atoms with E-state index in [4.69, 9.17) is 9.72 Å². The van der Waals surface area contributed by atoms with Crippen molar-refractivity contribution in [3.8, 4) is 50.9 Å². The van der Waals surface area contributed by atoms with Crippen LogP contribution in [0.2, 0.25) is 0 Å². The molecular formula is C52H39N5O. The van der Waals surface area contributed by atoms with Gasteiger partial charge >= 0.3 is 0 Å². The number of ether oxygens (including phenoxy) is 1. The average Bonchev–Trinajstić information content (AvgIpc) is 4.04. The normalized spacial score (nSPS) is 12.9. The number of imidazole rings is 1. The number of hydrogen-bond acceptors (Lipinski definition) is 3. The first-order chi connectivity index (χ1) is 28.8. The lowest BCUT2D eigenvalue weighted by Gasteiger charge is -2.18. The van der Waals surface area contributed by atoms with Crippen LogP contribution >= 0.6 is 0 Å². The maximum Gasteiger partial charge on any atom is 0.269 e. The summed E-state index contributed by atoms with van der Waals surface area (Å²) in [5, 5.41) is 2.35. The van der Waals surface area contributed by atoms with E-state index < -0.39 is 0 Å². The van der Waals surface area contributed by atoms with Gasteiger partial charge in [-0.1, -0.05) is 127 Å². The van der Waals surface area contributed by atoms with E-state index in [1.54, 1.807) is 0 Å². The van der Waals surface area contributed by atoms with Gasteiger partial charge in [-0.25, -0.2) is 4.98 Å². The highest BCUT2D eigenvalue weighted by molar-refractivity contribution is 6.09. The highest BCUT2D eigenvalue weighted by Gasteiger charge is 2.21. The average molecular weight is 750 g/mol. The van der Waals surface area contributed by atoms with Gasteiger partial charge in [0.05, 0.1) is 33.4 Å². The number of hydrogen-bond donors (Lipinski definition) is 0. The van der Waals surface area contributed by atoms with E-state index in [0.29, 0.717) is 0 Å². The molecule has 7 aromatic carbocycles. The van der Waals surface area contributed by atoms with Crippen molar-refractivity contribution in [2.45, 2.75) is 12.8 Å². The van der Waals surface area contributed by atoms with E-state index in [9.17, 15) is 0 Å². The van der Waals surface area contributed by atoms with Gasteiger partial charge in [0.1, 0.15) is 17.3 Å². The zero-order chi connectivity index (χ0) is 38.4. The number of benzene rings is 7. The molecule has 0 spiro atoms. The molecule has 0 unspecified atom stereocenters. The third kappa shape index (κ3) is 5.89. The summed E-state index contributed by atoms with van der Waals surface area (Å²) in [7, 11) is 0. The van der Waals surface area contributed by atoms with E-state index in [-0.39, 0.29) is 0 Å². The van der Waals surface area contributed by atoms with Crippen LogP contribution in [-0.2, 0) is 0 Å². The van der Waals surface area contributed by atoms with Crippen molar-refractivity contribution in [3.05, 3.63) is 195 Å². The summed E-state index contributed by atoms with van der Waals surface area (Å²) < 4.78 is 13.3. The third-order valence-electron chi connectivity index (χ3n) is 11.4. The molecule has 1 aliphatic rings. The SMILES string of the molecule is [c-]1n(-c2cccc(Oc3ccc4c5ccccc5n(-c5cc(N6CCCC6)ccn5)c4c3)c2)c2ccccc2[n+]1-c1c(-c2ccccc2)cccc1-c1ccccc1. The second-order valence-electron chi connectivity index (χ2n) is 14.9. The van der Waals surface area contributed by atoms with Gasteiger partial charge in [0, 0.05) is 47.9 Å². The maximum absolute atomic E-state index is 6.72. The van der Waals surface area contributed by atoms with Crippen LogP contribution in [0.25, 0.3) is 72.3 Å². The molecule has 4 heterocycles. The van der Waals surface area contributed by atoms with Crippen molar-refractivity contribution in [1.82, 2.24) is 14.1 Å². The van der Waals surface area contributed by atoms with Gasteiger partial charge in [-0.05, 0) is 77.6 Å². The van der Waals surface area contributed by atoms with Crippen LogP contribution in [0.1, 0.15) is 12.8 Å². The van der Waals surface area contributed by atoms with E-state index in [1.807, 2.05) is 18.3 Å². The predicted octanol–water partition coefficient (Wildman–Crippen LogP) is 11.9. The molecule has 58 heavy (non-hydrogen) atoms. The molecule has 1 saturated heterocycles. The van der Waals surface area contributed by atoms with E-state index in [2.05, 4.69) is 195 Å². The summed E-state index contributed by atoms with van der Waals surface area (Å²) in [4.78, 5) is 7.35. The Labute approximate surface area is 337 Å². The monoisotopic (exact) mass is 749 g/mol. The smallest absolute Gasteiger partial charge is 0.269 e. The summed E-state index contributed by atoms with van der Waals surface area (Å²) in [6.45, 7) is 2.17. The number of nitrogens with zero attached hydrogens (tertiary/aromatic N) is 5. The Morgan fingerprint density at radius 1 is 0.517 bits per heavy atom. The van der Waals surface area contributed by atoms with Crippen LogP contribution in [0.3, 0.4) is 0 Å². The van der Waals surface area contributed by atoms with Gasteiger partial charge in [0.15, 0.2) is 0 Å². The fourth-order valence-corrected chi connectivity index (χ4v) is 8.69. The quantitative estimate of drug-likeness (QED) is 0.115. The zero-order valence-corrected chi connectivity index (χ0v) is 31.9. The fourth-order valence-electron chi connectivity index (χ4n) is 8.69. The van der Waals surface area contributed by atoms with Crippen LogP contribution in [-0.4, -0.2) is 27.2 Å². The molecular weight excluding hydrogens is 711 g/mol. The first kappa shape index (κ1) is 33.9. The summed E-state index contributed by atoms with van der Waals surface area (Å²) in [5.41, 5.74) is 12.1. The van der Waals surface area contributed by atoms with E-state index in [1.165, 1.54) is 23.9 Å². The Hall–Kier alpha value is -7.44. The Morgan fingerprint density at radius 2 is 1.17 bits per heavy atom. The van der Waals surface area contributed by atoms with Crippen molar-refractivity contribution >= 4 is 38.5 Å². The number of para-hydroxylation sites is 4. The minimum Gasteiger partial charge on any atom is -0.458 e. The molecule has 0 amide bonds. The lowest BCUT2D eigenvalue weighted by atomic mass is 9.95. The standard InChI is InChI=1S/C52H39N5O/c1-3-15-37(16-4-1)43-22-14-23-44(38-17-5-2-6-18-38)52(43)56-36-55(48-25-9-10-26-49(48)56)40-19-13-20-41(33-40)58-42-27-28-46-45-21-7-8-24-47(45)57(50(46)35-42)51-34-39(29-30-53-51)54-31-11-12-32-54/h1-10,13-30,33-35H,11-12,31-32H2. The summed E-state index contributed by atoms with van der Waals surface area (Å²) in [5.74, 6) is 2.40. The lowest BCUT2D eigenvalue weighted by Crippen LogP contribution is -2.31. The Balaban J connectivity index is 1.01. The maximum atomic E-state index is 6.72. The van der Waals surface area contributed by atoms with Gasteiger partial charge in [0.2, 0.25) is 0 Å². The highest BCUT2D eigenvalue weighted by Crippen LogP contribution is 2.37. The van der Waals surface area contributed by atoms with Crippen LogP contribution in [0.15, 0.2) is 188 Å². The fraction of sp³-hybridized carbons (Fsp3) is 0.0769. The molecule has 278 valence electrons. The van der Waals surface area contributed by atoms with E-state index in [0.717, 1.165) is 91.5 Å².